The molecule has 2 aliphatic heterocycles. The normalized spacial score (nSPS) is 17.6. The third-order valence-electron chi connectivity index (χ3n) is 10.2. The monoisotopic (exact) mass is 727 g/mol. The molecule has 2 aromatic heterocycles. The number of aryl methyl sites for hydroxylation is 1. The van der Waals surface area contributed by atoms with Crippen LogP contribution in [0, 0.1) is 11.8 Å². The predicted octanol–water partition coefficient (Wildman–Crippen LogP) is 8.30. The molecule has 1 fully saturated rings. The van der Waals surface area contributed by atoms with Crippen LogP contribution < -0.4 is 9.47 Å². The summed E-state index contributed by atoms with van der Waals surface area (Å²) >= 11 is 0. The van der Waals surface area contributed by atoms with Gasteiger partial charge in [-0.25, -0.2) is 4.79 Å². The highest BCUT2D eigenvalue weighted by Crippen LogP contribution is 2.37. The van der Waals surface area contributed by atoms with Crippen LogP contribution in [0.15, 0.2) is 97.1 Å². The Morgan fingerprint density at radius 3 is 2.20 bits per heavy atom. The van der Waals surface area contributed by atoms with Crippen LogP contribution in [0.3, 0.4) is 0 Å². The number of ether oxygens (including phenoxy) is 3. The average molecular weight is 728 g/mol. The van der Waals surface area contributed by atoms with Gasteiger partial charge in [0.25, 0.3) is 0 Å². The van der Waals surface area contributed by atoms with E-state index in [9.17, 15) is 9.59 Å². The average Bonchev–Trinajstić information content (AvgIpc) is 3.51. The van der Waals surface area contributed by atoms with Crippen LogP contribution in [0.1, 0.15) is 57.2 Å². The highest BCUT2D eigenvalue weighted by Gasteiger charge is 2.37. The smallest absolute Gasteiger partial charge is 0.410 e. The molecule has 2 aliphatic rings. The number of carbonyl (C=O) groups excluding carboxylic acids is 2. The van der Waals surface area contributed by atoms with Gasteiger partial charge in [-0.15, -0.1) is 0 Å². The third kappa shape index (κ3) is 8.43. The van der Waals surface area contributed by atoms with E-state index in [1.54, 1.807) is 4.90 Å². The van der Waals surface area contributed by atoms with Crippen LogP contribution in [0.5, 0.6) is 11.8 Å². The van der Waals surface area contributed by atoms with Gasteiger partial charge in [0.15, 0.2) is 0 Å². The molecule has 0 spiro atoms. The second kappa shape index (κ2) is 15.8. The van der Waals surface area contributed by atoms with E-state index in [1.807, 2.05) is 110 Å². The lowest BCUT2D eigenvalue weighted by molar-refractivity contribution is -0.138. The first-order valence-electron chi connectivity index (χ1n) is 18.8. The molecule has 7 rings (SSSR count). The van der Waals surface area contributed by atoms with Crippen molar-refractivity contribution in [2.45, 2.75) is 59.4 Å². The second-order valence-electron chi connectivity index (χ2n) is 15.3. The van der Waals surface area contributed by atoms with Gasteiger partial charge in [0.2, 0.25) is 17.7 Å². The lowest BCUT2D eigenvalue weighted by Gasteiger charge is -2.39. The van der Waals surface area contributed by atoms with Crippen LogP contribution in [0.4, 0.5) is 4.79 Å². The van der Waals surface area contributed by atoms with Gasteiger partial charge < -0.3 is 24.0 Å². The van der Waals surface area contributed by atoms with Crippen LogP contribution >= 0.6 is 0 Å². The molecule has 0 saturated carbocycles. The molecule has 4 heterocycles. The first kappa shape index (κ1) is 36.7. The Labute approximate surface area is 317 Å². The molecule has 2 atom stereocenters. The van der Waals surface area contributed by atoms with Crippen LogP contribution in [-0.2, 0) is 29.8 Å². The topological polar surface area (TPSA) is 99.0 Å². The minimum absolute atomic E-state index is 0.0584. The molecule has 10 heteroatoms. The molecule has 0 bridgehead atoms. The number of hydrogen-bond acceptors (Lipinski definition) is 7. The zero-order valence-corrected chi connectivity index (χ0v) is 31.8. The fraction of sp³-hybridized carbons (Fsp3) is 0.364. The highest BCUT2D eigenvalue weighted by molar-refractivity contribution is 5.96. The van der Waals surface area contributed by atoms with E-state index < -0.39 is 5.60 Å². The van der Waals surface area contributed by atoms with Crippen molar-refractivity contribution >= 4 is 28.5 Å². The zero-order chi connectivity index (χ0) is 37.8. The Balaban J connectivity index is 1.06. The molecular formula is C44H49N5O5. The fourth-order valence-electron chi connectivity index (χ4n) is 7.28. The summed E-state index contributed by atoms with van der Waals surface area (Å²) in [5.41, 5.74) is 6.44. The van der Waals surface area contributed by atoms with E-state index >= 15 is 0 Å². The van der Waals surface area contributed by atoms with E-state index in [0.717, 1.165) is 45.3 Å². The van der Waals surface area contributed by atoms with E-state index in [2.05, 4.69) is 31.2 Å². The molecule has 280 valence electrons. The van der Waals surface area contributed by atoms with Crippen molar-refractivity contribution in [2.24, 2.45) is 18.9 Å². The molecule has 1 saturated heterocycles. The maximum Gasteiger partial charge on any atom is 0.410 e. The summed E-state index contributed by atoms with van der Waals surface area (Å²) in [6, 6.07) is 30.3. The first-order valence-corrected chi connectivity index (χ1v) is 18.8. The Hall–Kier alpha value is -5.64. The molecule has 0 aliphatic carbocycles. The van der Waals surface area contributed by atoms with Crippen LogP contribution in [0.2, 0.25) is 0 Å². The number of benzene rings is 3. The van der Waals surface area contributed by atoms with Crippen molar-refractivity contribution in [3.05, 3.63) is 114 Å². The number of fused-ring (bicyclic) bond motifs is 1. The maximum absolute atomic E-state index is 13.7. The van der Waals surface area contributed by atoms with Gasteiger partial charge in [-0.3, -0.25) is 9.48 Å². The lowest BCUT2D eigenvalue weighted by Crippen LogP contribution is -2.50. The highest BCUT2D eigenvalue weighted by atomic mass is 16.6. The number of carbonyl (C=O) groups is 2. The van der Waals surface area contributed by atoms with Crippen LogP contribution in [-0.4, -0.2) is 68.3 Å². The van der Waals surface area contributed by atoms with Gasteiger partial charge in [0, 0.05) is 50.6 Å². The molecule has 10 nitrogen and oxygen atoms in total. The van der Waals surface area contributed by atoms with Gasteiger partial charge >= 0.3 is 6.09 Å². The molecule has 3 aromatic carbocycles. The molecule has 2 amide bonds. The number of hydrogen-bond donors (Lipinski definition) is 0. The van der Waals surface area contributed by atoms with Crippen LogP contribution in [0.25, 0.3) is 27.7 Å². The fourth-order valence-corrected chi connectivity index (χ4v) is 7.28. The van der Waals surface area contributed by atoms with Crippen molar-refractivity contribution in [1.82, 2.24) is 24.6 Å². The Kier molecular flexibility index (Phi) is 10.7. The Morgan fingerprint density at radius 2 is 1.56 bits per heavy atom. The first-order chi connectivity index (χ1) is 26.0. The molecular weight excluding hydrogens is 679 g/mol. The summed E-state index contributed by atoms with van der Waals surface area (Å²) in [5.74, 6) is 1.05. The predicted molar refractivity (Wildman–Crippen MR) is 210 cm³/mol. The van der Waals surface area contributed by atoms with Crippen molar-refractivity contribution in [1.29, 1.82) is 0 Å². The van der Waals surface area contributed by atoms with E-state index in [1.165, 1.54) is 5.57 Å². The SMILES string of the molecule is C[C@H]1CN(C(=O)OC(C)(C)C)CC[C@@H]1C(=O)N1CC=C(c2ccc3c(-c4ccc(OCc5ccccc5)nc4OCc4ccccc4)nn(C)c3c2)CC1. The quantitative estimate of drug-likeness (QED) is 0.151. The lowest BCUT2D eigenvalue weighted by atomic mass is 9.85. The summed E-state index contributed by atoms with van der Waals surface area (Å²) in [4.78, 5) is 34.8. The van der Waals surface area contributed by atoms with Crippen molar-refractivity contribution in [2.75, 3.05) is 26.2 Å². The molecule has 0 radical (unpaired) electrons. The Bertz CT molecular complexity index is 2140. The number of likely N-dealkylation sites (tertiary alicyclic amines) is 1. The minimum Gasteiger partial charge on any atom is -0.473 e. The number of piperidine rings is 1. The number of rotatable bonds is 9. The summed E-state index contributed by atoms with van der Waals surface area (Å²) in [6.45, 7) is 10.7. The van der Waals surface area contributed by atoms with Crippen molar-refractivity contribution < 1.29 is 23.8 Å². The maximum atomic E-state index is 13.7. The summed E-state index contributed by atoms with van der Waals surface area (Å²) in [7, 11) is 1.95. The zero-order valence-electron chi connectivity index (χ0n) is 31.8. The van der Waals surface area contributed by atoms with Gasteiger partial charge in [0.05, 0.1) is 11.1 Å². The molecule has 5 aromatic rings. The van der Waals surface area contributed by atoms with Gasteiger partial charge in [-0.2, -0.15) is 10.1 Å². The summed E-state index contributed by atoms with van der Waals surface area (Å²) in [6.07, 6.45) is 3.27. The number of amides is 2. The van der Waals surface area contributed by atoms with Gasteiger partial charge in [0.1, 0.15) is 24.5 Å². The number of aromatic nitrogens is 3. The van der Waals surface area contributed by atoms with Crippen molar-refractivity contribution in [3.63, 3.8) is 0 Å². The summed E-state index contributed by atoms with van der Waals surface area (Å²) < 4.78 is 19.9. The molecule has 0 N–H and O–H groups in total. The van der Waals surface area contributed by atoms with E-state index in [-0.39, 0.29) is 23.8 Å². The van der Waals surface area contributed by atoms with Crippen molar-refractivity contribution in [3.8, 4) is 23.0 Å². The van der Waals surface area contributed by atoms with E-state index in [4.69, 9.17) is 24.3 Å². The largest absolute Gasteiger partial charge is 0.473 e. The molecule has 54 heavy (non-hydrogen) atoms. The second-order valence-corrected chi connectivity index (χ2v) is 15.3. The standard InChI is InChI=1S/C44H49N5O5/c1-30-27-49(43(51)54-44(2,3)4)25-22-35(30)42(50)48-23-20-33(21-24-48)34-16-17-36-38(26-34)47(5)46-40(36)37-18-19-39(52-28-31-12-8-6-9-13-31)45-41(37)53-29-32-14-10-7-11-15-32/h6-20,26,30,35H,21-25,27-29H2,1-5H3/t30-,35-/m0/s1. The Morgan fingerprint density at radius 1 is 0.852 bits per heavy atom. The summed E-state index contributed by atoms with van der Waals surface area (Å²) in [5, 5.41) is 5.96. The van der Waals surface area contributed by atoms with Gasteiger partial charge in [-0.1, -0.05) is 79.7 Å². The third-order valence-corrected chi connectivity index (χ3v) is 10.2. The van der Waals surface area contributed by atoms with E-state index in [0.29, 0.717) is 57.6 Å². The molecule has 0 unspecified atom stereocenters. The minimum atomic E-state index is -0.544. The van der Waals surface area contributed by atoms with Gasteiger partial charge in [-0.05, 0) is 80.0 Å². The number of pyridine rings is 1. The number of nitrogens with zero attached hydrogens (tertiary/aromatic N) is 5.